The van der Waals surface area contributed by atoms with Gasteiger partial charge >= 0.3 is 0 Å². The van der Waals surface area contributed by atoms with Crippen molar-refractivity contribution in [2.45, 2.75) is 44.8 Å². The molecule has 0 saturated carbocycles. The van der Waals surface area contributed by atoms with Crippen LogP contribution in [0.5, 0.6) is 0 Å². The van der Waals surface area contributed by atoms with E-state index in [1.54, 1.807) is 0 Å². The van der Waals surface area contributed by atoms with Gasteiger partial charge in [0.15, 0.2) is 0 Å². The van der Waals surface area contributed by atoms with E-state index >= 15 is 0 Å². The Labute approximate surface area is 160 Å². The van der Waals surface area contributed by atoms with Crippen molar-refractivity contribution < 1.29 is 9.53 Å². The number of fused-ring (bicyclic) bond motifs is 1. The smallest absolute Gasteiger partial charge is 0.240 e. The van der Waals surface area contributed by atoms with Crippen molar-refractivity contribution in [3.8, 4) is 0 Å². The van der Waals surface area contributed by atoms with Gasteiger partial charge in [-0.2, -0.15) is 0 Å². The van der Waals surface area contributed by atoms with Crippen LogP contribution in [-0.4, -0.2) is 34.2 Å². The number of rotatable bonds is 4. The summed E-state index contributed by atoms with van der Waals surface area (Å²) in [6.07, 6.45) is 1.11. The molecular formula is C17H26Cl2N4O2. The molecule has 0 radical (unpaired) electrons. The highest BCUT2D eigenvalue weighted by Crippen LogP contribution is 2.22. The first-order chi connectivity index (χ1) is 11.0. The van der Waals surface area contributed by atoms with Gasteiger partial charge in [0.25, 0.3) is 0 Å². The molecule has 3 rings (SSSR count). The maximum absolute atomic E-state index is 12.5. The molecule has 2 heterocycles. The topological polar surface area (TPSA) is 82.2 Å². The van der Waals surface area contributed by atoms with E-state index in [2.05, 4.69) is 34.8 Å². The van der Waals surface area contributed by atoms with E-state index in [-0.39, 0.29) is 36.8 Å². The van der Waals surface area contributed by atoms with Crippen LogP contribution in [-0.2, 0) is 16.1 Å². The largest absolute Gasteiger partial charge is 0.381 e. The maximum Gasteiger partial charge on any atom is 0.240 e. The Bertz CT molecular complexity index is 712. The summed E-state index contributed by atoms with van der Waals surface area (Å²) in [4.78, 5) is 17.1. The van der Waals surface area contributed by atoms with Gasteiger partial charge in [0, 0.05) is 19.3 Å². The highest BCUT2D eigenvalue weighted by atomic mass is 35.5. The SMILES string of the molecule is CC(C)n1c(CNC(=O)C2(N)CCOCC2)nc2ccccc21.Cl.Cl. The minimum Gasteiger partial charge on any atom is -0.381 e. The van der Waals surface area contributed by atoms with Gasteiger partial charge in [-0.25, -0.2) is 4.98 Å². The number of halogens is 2. The van der Waals surface area contributed by atoms with Crippen LogP contribution in [0.1, 0.15) is 38.6 Å². The van der Waals surface area contributed by atoms with Crippen LogP contribution in [0, 0.1) is 0 Å². The number of ether oxygens (including phenoxy) is 1. The average Bonchev–Trinajstić information content (AvgIpc) is 2.91. The molecule has 8 heteroatoms. The Kier molecular flexibility index (Phi) is 7.68. The van der Waals surface area contributed by atoms with Crippen LogP contribution in [0.4, 0.5) is 0 Å². The van der Waals surface area contributed by atoms with Gasteiger partial charge in [0.05, 0.1) is 23.1 Å². The quantitative estimate of drug-likeness (QED) is 0.842. The van der Waals surface area contributed by atoms with Crippen LogP contribution < -0.4 is 11.1 Å². The van der Waals surface area contributed by atoms with Crippen LogP contribution in [0.2, 0.25) is 0 Å². The predicted molar refractivity (Wildman–Crippen MR) is 103 cm³/mol. The maximum atomic E-state index is 12.5. The number of carbonyl (C=O) groups is 1. The number of carbonyl (C=O) groups excluding carboxylic acids is 1. The number of hydrogen-bond donors (Lipinski definition) is 2. The Morgan fingerprint density at radius 2 is 1.96 bits per heavy atom. The Balaban J connectivity index is 0.00000156. The lowest BCUT2D eigenvalue weighted by atomic mass is 9.90. The van der Waals surface area contributed by atoms with Crippen molar-refractivity contribution in [1.82, 2.24) is 14.9 Å². The molecule has 0 bridgehead atoms. The zero-order chi connectivity index (χ0) is 16.4. The minimum atomic E-state index is -0.826. The van der Waals surface area contributed by atoms with Gasteiger partial charge < -0.3 is 20.4 Å². The molecule has 3 N–H and O–H groups in total. The van der Waals surface area contributed by atoms with Crippen molar-refractivity contribution in [2.24, 2.45) is 5.73 Å². The van der Waals surface area contributed by atoms with Crippen molar-refractivity contribution in [3.63, 3.8) is 0 Å². The van der Waals surface area contributed by atoms with Crippen molar-refractivity contribution in [1.29, 1.82) is 0 Å². The summed E-state index contributed by atoms with van der Waals surface area (Å²) >= 11 is 0. The monoisotopic (exact) mass is 388 g/mol. The van der Waals surface area contributed by atoms with Gasteiger partial charge in [-0.3, -0.25) is 4.79 Å². The normalized spacial score (nSPS) is 16.2. The van der Waals surface area contributed by atoms with Crippen molar-refractivity contribution in [3.05, 3.63) is 30.1 Å². The molecule has 140 valence electrons. The molecule has 1 saturated heterocycles. The van der Waals surface area contributed by atoms with Gasteiger partial charge in [0.1, 0.15) is 5.82 Å². The van der Waals surface area contributed by atoms with Crippen molar-refractivity contribution >= 4 is 41.8 Å². The number of nitrogens with two attached hydrogens (primary N) is 1. The first kappa shape index (κ1) is 21.7. The molecule has 1 fully saturated rings. The third kappa shape index (κ3) is 4.44. The second-order valence-electron chi connectivity index (χ2n) is 6.43. The van der Waals surface area contributed by atoms with E-state index in [1.807, 2.05) is 18.2 Å². The Morgan fingerprint density at radius 1 is 1.32 bits per heavy atom. The van der Waals surface area contributed by atoms with Gasteiger partial charge in [-0.15, -0.1) is 24.8 Å². The standard InChI is InChI=1S/C17H24N4O2.2ClH/c1-12(2)21-14-6-4-3-5-13(14)20-15(21)11-19-16(22)17(18)7-9-23-10-8-17;;/h3-6,12H,7-11,18H2,1-2H3,(H,19,22);2*1H. The highest BCUT2D eigenvalue weighted by molar-refractivity contribution is 5.86. The molecular weight excluding hydrogens is 363 g/mol. The summed E-state index contributed by atoms with van der Waals surface area (Å²) in [6.45, 7) is 5.68. The van der Waals surface area contributed by atoms with E-state index in [0.717, 1.165) is 16.9 Å². The highest BCUT2D eigenvalue weighted by Gasteiger charge is 2.35. The number of hydrogen-bond acceptors (Lipinski definition) is 4. The van der Waals surface area contributed by atoms with E-state index < -0.39 is 5.54 Å². The van der Waals surface area contributed by atoms with E-state index in [1.165, 1.54) is 0 Å². The zero-order valence-electron chi connectivity index (χ0n) is 14.5. The van der Waals surface area contributed by atoms with E-state index in [4.69, 9.17) is 10.5 Å². The van der Waals surface area contributed by atoms with Crippen LogP contribution in [0.25, 0.3) is 11.0 Å². The molecule has 6 nitrogen and oxygen atoms in total. The molecule has 0 atom stereocenters. The number of amides is 1. The molecule has 0 unspecified atom stereocenters. The number of aromatic nitrogens is 2. The third-order valence-electron chi connectivity index (χ3n) is 4.43. The second kappa shape index (κ2) is 8.85. The molecule has 1 aliphatic rings. The lowest BCUT2D eigenvalue weighted by Crippen LogP contribution is -2.56. The fourth-order valence-corrected chi connectivity index (χ4v) is 3.09. The van der Waals surface area contributed by atoms with Crippen LogP contribution in [0.15, 0.2) is 24.3 Å². The fraction of sp³-hybridized carbons (Fsp3) is 0.529. The average molecular weight is 389 g/mol. The van der Waals surface area contributed by atoms with Crippen molar-refractivity contribution in [2.75, 3.05) is 13.2 Å². The molecule has 1 amide bonds. The molecule has 0 spiro atoms. The Hall–Kier alpha value is -1.34. The Morgan fingerprint density at radius 3 is 2.60 bits per heavy atom. The first-order valence-corrected chi connectivity index (χ1v) is 8.12. The van der Waals surface area contributed by atoms with Gasteiger partial charge in [-0.05, 0) is 38.8 Å². The zero-order valence-corrected chi connectivity index (χ0v) is 16.2. The third-order valence-corrected chi connectivity index (χ3v) is 4.43. The summed E-state index contributed by atoms with van der Waals surface area (Å²) in [7, 11) is 0. The van der Waals surface area contributed by atoms with E-state index in [9.17, 15) is 4.79 Å². The molecule has 1 aromatic carbocycles. The first-order valence-electron chi connectivity index (χ1n) is 8.12. The van der Waals surface area contributed by atoms with Gasteiger partial charge in [-0.1, -0.05) is 12.1 Å². The summed E-state index contributed by atoms with van der Waals surface area (Å²) in [5.74, 6) is 0.730. The van der Waals surface area contributed by atoms with E-state index in [0.29, 0.717) is 32.6 Å². The van der Waals surface area contributed by atoms with Crippen LogP contribution in [0.3, 0.4) is 0 Å². The molecule has 0 aliphatic carbocycles. The summed E-state index contributed by atoms with van der Waals surface area (Å²) in [5.41, 5.74) is 7.42. The molecule has 1 aliphatic heterocycles. The minimum absolute atomic E-state index is 0. The summed E-state index contributed by atoms with van der Waals surface area (Å²) in [6, 6.07) is 8.28. The molecule has 25 heavy (non-hydrogen) atoms. The predicted octanol–water partition coefficient (Wildman–Crippen LogP) is 2.58. The van der Waals surface area contributed by atoms with Crippen LogP contribution >= 0.6 is 24.8 Å². The number of imidazole rings is 1. The number of nitrogens with one attached hydrogen (secondary N) is 1. The second-order valence-corrected chi connectivity index (χ2v) is 6.43. The van der Waals surface area contributed by atoms with Gasteiger partial charge in [0.2, 0.25) is 5.91 Å². The summed E-state index contributed by atoms with van der Waals surface area (Å²) < 4.78 is 7.45. The number of benzene rings is 1. The molecule has 1 aromatic heterocycles. The lowest BCUT2D eigenvalue weighted by Gasteiger charge is -2.31. The lowest BCUT2D eigenvalue weighted by molar-refractivity contribution is -0.130. The summed E-state index contributed by atoms with van der Waals surface area (Å²) in [5, 5.41) is 2.96. The molecule has 2 aromatic rings. The fourth-order valence-electron chi connectivity index (χ4n) is 3.09. The number of para-hydroxylation sites is 2. The number of nitrogens with zero attached hydrogens (tertiary/aromatic N) is 2.